The number of hydrogen-bond donors (Lipinski definition) is 2. The van der Waals surface area contributed by atoms with E-state index in [2.05, 4.69) is 28.8 Å². The summed E-state index contributed by atoms with van der Waals surface area (Å²) in [6.07, 6.45) is 2.95. The summed E-state index contributed by atoms with van der Waals surface area (Å²) in [5.41, 5.74) is 2.41. The summed E-state index contributed by atoms with van der Waals surface area (Å²) in [5, 5.41) is 5.94. The lowest BCUT2D eigenvalue weighted by atomic mass is 9.95. The summed E-state index contributed by atoms with van der Waals surface area (Å²) < 4.78 is 10.7. The van der Waals surface area contributed by atoms with Crippen molar-refractivity contribution in [3.8, 4) is 11.5 Å². The molecule has 5 nitrogen and oxygen atoms in total. The zero-order valence-corrected chi connectivity index (χ0v) is 15.4. The first-order valence-corrected chi connectivity index (χ1v) is 8.95. The van der Waals surface area contributed by atoms with E-state index >= 15 is 0 Å². The highest BCUT2D eigenvalue weighted by Crippen LogP contribution is 2.49. The van der Waals surface area contributed by atoms with E-state index in [4.69, 9.17) is 9.47 Å². The van der Waals surface area contributed by atoms with E-state index in [1.807, 2.05) is 30.3 Å². The van der Waals surface area contributed by atoms with Gasteiger partial charge in [-0.25, -0.2) is 4.79 Å². The second kappa shape index (κ2) is 8.13. The van der Waals surface area contributed by atoms with Gasteiger partial charge in [0, 0.05) is 18.5 Å². The summed E-state index contributed by atoms with van der Waals surface area (Å²) in [7, 11) is 3.27. The summed E-state index contributed by atoms with van der Waals surface area (Å²) >= 11 is 0. The van der Waals surface area contributed by atoms with Crippen LogP contribution in [0.2, 0.25) is 0 Å². The fourth-order valence-corrected chi connectivity index (χ4v) is 3.16. The van der Waals surface area contributed by atoms with Crippen LogP contribution < -0.4 is 20.1 Å². The highest BCUT2D eigenvalue weighted by molar-refractivity contribution is 5.74. The molecule has 0 aliphatic heterocycles. The van der Waals surface area contributed by atoms with Crippen LogP contribution in [0.1, 0.15) is 24.0 Å². The van der Waals surface area contributed by atoms with Crippen LogP contribution in [-0.4, -0.2) is 33.3 Å². The third-order valence-electron chi connectivity index (χ3n) is 4.98. The maximum atomic E-state index is 12.1. The number of amides is 2. The van der Waals surface area contributed by atoms with Crippen LogP contribution in [0.5, 0.6) is 11.5 Å². The molecule has 0 atom stereocenters. The van der Waals surface area contributed by atoms with Crippen molar-refractivity contribution in [3.05, 3.63) is 59.7 Å². The second-order valence-electron chi connectivity index (χ2n) is 6.70. The predicted molar refractivity (Wildman–Crippen MR) is 102 cm³/mol. The van der Waals surface area contributed by atoms with Crippen LogP contribution >= 0.6 is 0 Å². The van der Waals surface area contributed by atoms with Gasteiger partial charge in [-0.05, 0) is 42.5 Å². The number of carbonyl (C=O) groups is 1. The molecular formula is C21H26N2O3. The molecule has 2 amide bonds. The third kappa shape index (κ3) is 4.28. The number of nitrogens with one attached hydrogen (secondary N) is 2. The molecular weight excluding hydrogens is 328 g/mol. The maximum absolute atomic E-state index is 12.1. The first-order chi connectivity index (χ1) is 12.7. The molecule has 2 aromatic carbocycles. The van der Waals surface area contributed by atoms with Gasteiger partial charge in [-0.1, -0.05) is 36.4 Å². The molecule has 0 saturated heterocycles. The van der Waals surface area contributed by atoms with Crippen molar-refractivity contribution in [1.82, 2.24) is 10.6 Å². The number of ether oxygens (including phenoxy) is 2. The predicted octanol–water partition coefficient (Wildman–Crippen LogP) is 3.28. The van der Waals surface area contributed by atoms with Crippen molar-refractivity contribution < 1.29 is 14.3 Å². The largest absolute Gasteiger partial charge is 0.493 e. The van der Waals surface area contributed by atoms with Gasteiger partial charge in [0.25, 0.3) is 0 Å². The topological polar surface area (TPSA) is 59.6 Å². The third-order valence-corrected chi connectivity index (χ3v) is 4.98. The van der Waals surface area contributed by atoms with Crippen LogP contribution in [0, 0.1) is 0 Å². The molecule has 0 unspecified atom stereocenters. The van der Waals surface area contributed by atoms with Crippen LogP contribution in [0.15, 0.2) is 48.5 Å². The number of rotatable bonds is 8. The second-order valence-corrected chi connectivity index (χ2v) is 6.70. The SMILES string of the molecule is COc1ccc(C2(CNC(=O)NCCc3ccccc3)CC2)cc1OC. The zero-order valence-electron chi connectivity index (χ0n) is 15.4. The standard InChI is InChI=1S/C21H26N2O3/c1-25-18-9-8-17(14-19(18)26-2)21(11-12-21)15-23-20(24)22-13-10-16-6-4-3-5-7-16/h3-9,14H,10-13,15H2,1-2H3,(H2,22,23,24). The summed E-state index contributed by atoms with van der Waals surface area (Å²) in [5.74, 6) is 1.45. The minimum Gasteiger partial charge on any atom is -0.493 e. The monoisotopic (exact) mass is 354 g/mol. The summed E-state index contributed by atoms with van der Waals surface area (Å²) in [4.78, 5) is 12.1. The lowest BCUT2D eigenvalue weighted by Gasteiger charge is -2.19. The smallest absolute Gasteiger partial charge is 0.314 e. The molecule has 0 spiro atoms. The molecule has 2 N–H and O–H groups in total. The van der Waals surface area contributed by atoms with Crippen LogP contribution in [0.4, 0.5) is 4.79 Å². The average Bonchev–Trinajstić information content (AvgIpc) is 3.48. The summed E-state index contributed by atoms with van der Waals surface area (Å²) in [6, 6.07) is 16.0. The number of urea groups is 1. The maximum Gasteiger partial charge on any atom is 0.314 e. The molecule has 138 valence electrons. The van der Waals surface area contributed by atoms with E-state index in [0.29, 0.717) is 13.1 Å². The van der Waals surface area contributed by atoms with Gasteiger partial charge in [-0.15, -0.1) is 0 Å². The molecule has 1 aliphatic carbocycles. The van der Waals surface area contributed by atoms with Crippen molar-refractivity contribution in [1.29, 1.82) is 0 Å². The molecule has 2 aromatic rings. The Balaban J connectivity index is 1.50. The molecule has 1 aliphatic rings. The fraction of sp³-hybridized carbons (Fsp3) is 0.381. The minimum atomic E-state index is -0.118. The molecule has 26 heavy (non-hydrogen) atoms. The first-order valence-electron chi connectivity index (χ1n) is 8.95. The van der Waals surface area contributed by atoms with E-state index in [1.54, 1.807) is 14.2 Å². The van der Waals surface area contributed by atoms with Gasteiger partial charge in [0.1, 0.15) is 0 Å². The molecule has 1 fully saturated rings. The average molecular weight is 354 g/mol. The highest BCUT2D eigenvalue weighted by atomic mass is 16.5. The van der Waals surface area contributed by atoms with Crippen molar-refractivity contribution >= 4 is 6.03 Å². The Bertz CT molecular complexity index is 742. The Morgan fingerprint density at radius 2 is 1.73 bits per heavy atom. The van der Waals surface area contributed by atoms with Crippen molar-refractivity contribution in [2.75, 3.05) is 27.3 Å². The van der Waals surface area contributed by atoms with E-state index < -0.39 is 0 Å². The summed E-state index contributed by atoms with van der Waals surface area (Å²) in [6.45, 7) is 1.25. The van der Waals surface area contributed by atoms with Gasteiger partial charge in [-0.2, -0.15) is 0 Å². The van der Waals surface area contributed by atoms with Crippen LogP contribution in [0.3, 0.4) is 0 Å². The van der Waals surface area contributed by atoms with E-state index in [9.17, 15) is 4.79 Å². The van der Waals surface area contributed by atoms with E-state index in [-0.39, 0.29) is 11.4 Å². The molecule has 0 bridgehead atoms. The van der Waals surface area contributed by atoms with Crippen molar-refractivity contribution in [3.63, 3.8) is 0 Å². The number of methoxy groups -OCH3 is 2. The molecule has 0 heterocycles. The number of hydrogen-bond acceptors (Lipinski definition) is 3. The van der Waals surface area contributed by atoms with E-state index in [0.717, 1.165) is 30.8 Å². The Kier molecular flexibility index (Phi) is 5.66. The Morgan fingerprint density at radius 1 is 1.00 bits per heavy atom. The van der Waals surface area contributed by atoms with Gasteiger partial charge < -0.3 is 20.1 Å². The zero-order chi connectivity index (χ0) is 18.4. The quantitative estimate of drug-likeness (QED) is 0.765. The van der Waals surface area contributed by atoms with Crippen LogP contribution in [0.25, 0.3) is 0 Å². The van der Waals surface area contributed by atoms with Crippen molar-refractivity contribution in [2.24, 2.45) is 0 Å². The Labute approximate surface area is 154 Å². The van der Waals surface area contributed by atoms with Crippen molar-refractivity contribution in [2.45, 2.75) is 24.7 Å². The van der Waals surface area contributed by atoms with Gasteiger partial charge >= 0.3 is 6.03 Å². The van der Waals surface area contributed by atoms with Gasteiger partial charge in [-0.3, -0.25) is 0 Å². The van der Waals surface area contributed by atoms with Gasteiger partial charge in [0.2, 0.25) is 0 Å². The van der Waals surface area contributed by atoms with Gasteiger partial charge in [0.15, 0.2) is 11.5 Å². The number of benzene rings is 2. The van der Waals surface area contributed by atoms with E-state index in [1.165, 1.54) is 11.1 Å². The fourth-order valence-electron chi connectivity index (χ4n) is 3.16. The highest BCUT2D eigenvalue weighted by Gasteiger charge is 2.44. The first kappa shape index (κ1) is 18.1. The van der Waals surface area contributed by atoms with Crippen LogP contribution in [-0.2, 0) is 11.8 Å². The normalized spacial score (nSPS) is 14.4. The molecule has 1 saturated carbocycles. The Morgan fingerprint density at radius 3 is 2.38 bits per heavy atom. The minimum absolute atomic E-state index is 0.0102. The molecule has 0 aromatic heterocycles. The lowest BCUT2D eigenvalue weighted by Crippen LogP contribution is -2.40. The van der Waals surface area contributed by atoms with Gasteiger partial charge in [0.05, 0.1) is 14.2 Å². The lowest BCUT2D eigenvalue weighted by molar-refractivity contribution is 0.240. The Hall–Kier alpha value is -2.69. The molecule has 5 heteroatoms. The number of carbonyl (C=O) groups excluding carboxylic acids is 1. The molecule has 0 radical (unpaired) electrons. The molecule has 3 rings (SSSR count).